The van der Waals surface area contributed by atoms with E-state index in [4.69, 9.17) is 11.6 Å². The second kappa shape index (κ2) is 10.7. The van der Waals surface area contributed by atoms with Crippen LogP contribution in [0.5, 0.6) is 0 Å². The number of halogens is 1. The molecule has 2 saturated heterocycles. The van der Waals surface area contributed by atoms with E-state index in [1.165, 1.54) is 0 Å². The van der Waals surface area contributed by atoms with Gasteiger partial charge in [0, 0.05) is 67.3 Å². The maximum Gasteiger partial charge on any atom is 0.227 e. The smallest absolute Gasteiger partial charge is 0.227 e. The Morgan fingerprint density at radius 3 is 2.50 bits per heavy atom. The normalized spacial score (nSPS) is 18.7. The number of nitrogens with zero attached hydrogens (tertiary/aromatic N) is 5. The maximum absolute atomic E-state index is 13.4. The molecule has 0 aliphatic carbocycles. The summed E-state index contributed by atoms with van der Waals surface area (Å²) in [4.78, 5) is 30.4. The summed E-state index contributed by atoms with van der Waals surface area (Å²) in [6, 6.07) is 18.2. The van der Waals surface area contributed by atoms with E-state index in [-0.39, 0.29) is 11.8 Å². The highest BCUT2D eigenvalue weighted by Crippen LogP contribution is 2.34. The predicted molar refractivity (Wildman–Crippen MR) is 138 cm³/mol. The van der Waals surface area contributed by atoms with Gasteiger partial charge in [-0.15, -0.1) is 0 Å². The van der Waals surface area contributed by atoms with Gasteiger partial charge in [-0.1, -0.05) is 47.6 Å². The molecule has 1 amide bonds. The van der Waals surface area contributed by atoms with Crippen molar-refractivity contribution >= 4 is 40.8 Å². The number of benzene rings is 2. The van der Waals surface area contributed by atoms with Crippen LogP contribution >= 0.6 is 23.4 Å². The van der Waals surface area contributed by atoms with E-state index in [1.807, 2.05) is 41.3 Å². The molecule has 8 heteroatoms. The molecular weight excluding hydrogens is 466 g/mol. The van der Waals surface area contributed by atoms with E-state index in [2.05, 4.69) is 38.0 Å². The Bertz CT molecular complexity index is 1120. The summed E-state index contributed by atoms with van der Waals surface area (Å²) in [5.74, 6) is 1.12. The Balaban J connectivity index is 1.23. The summed E-state index contributed by atoms with van der Waals surface area (Å²) in [6.07, 6.45) is 5.38. The fourth-order valence-corrected chi connectivity index (χ4v) is 5.78. The van der Waals surface area contributed by atoms with Gasteiger partial charge in [0.15, 0.2) is 5.82 Å². The lowest BCUT2D eigenvalue weighted by molar-refractivity contribution is -0.136. The number of aromatic nitrogens is 2. The standard InChI is InChI=1S/C26H28ClN5OS/c27-21-7-4-8-22(18-21)30-14-16-31(17-15-30)26(33)20-6-5-13-32(19-20)24-25(29-12-11-28-24)34-23-9-2-1-3-10-23/h1-4,7-12,18,20H,5-6,13-17,19H2. The molecule has 1 unspecified atom stereocenters. The van der Waals surface area contributed by atoms with Gasteiger partial charge in [-0.05, 0) is 43.2 Å². The van der Waals surface area contributed by atoms with Crippen molar-refractivity contribution in [2.24, 2.45) is 5.92 Å². The SMILES string of the molecule is O=C(C1CCCN(c2nccnc2Sc2ccccc2)C1)N1CCN(c2cccc(Cl)c2)CC1. The molecule has 1 atom stereocenters. The molecule has 1 aromatic heterocycles. The Hall–Kier alpha value is -2.77. The zero-order valence-electron chi connectivity index (χ0n) is 19.0. The minimum absolute atomic E-state index is 0.0111. The van der Waals surface area contributed by atoms with Crippen molar-refractivity contribution in [1.82, 2.24) is 14.9 Å². The van der Waals surface area contributed by atoms with Gasteiger partial charge in [0.05, 0.1) is 5.92 Å². The van der Waals surface area contributed by atoms with E-state index in [0.29, 0.717) is 6.54 Å². The number of carbonyl (C=O) groups is 1. The fourth-order valence-electron chi connectivity index (χ4n) is 4.69. The van der Waals surface area contributed by atoms with Crippen LogP contribution in [0, 0.1) is 5.92 Å². The van der Waals surface area contributed by atoms with Crippen molar-refractivity contribution < 1.29 is 4.79 Å². The van der Waals surface area contributed by atoms with E-state index < -0.39 is 0 Å². The highest BCUT2D eigenvalue weighted by Gasteiger charge is 2.32. The van der Waals surface area contributed by atoms with Gasteiger partial charge in [-0.3, -0.25) is 4.79 Å². The predicted octanol–water partition coefficient (Wildman–Crippen LogP) is 4.85. The number of amides is 1. The van der Waals surface area contributed by atoms with Crippen LogP contribution in [0.15, 0.2) is 76.9 Å². The lowest BCUT2D eigenvalue weighted by Crippen LogP contribution is -2.52. The van der Waals surface area contributed by atoms with Crippen LogP contribution in [0.25, 0.3) is 0 Å². The van der Waals surface area contributed by atoms with Gasteiger partial charge < -0.3 is 14.7 Å². The number of hydrogen-bond acceptors (Lipinski definition) is 6. The molecule has 0 saturated carbocycles. The van der Waals surface area contributed by atoms with Crippen LogP contribution in [-0.4, -0.2) is 60.0 Å². The van der Waals surface area contributed by atoms with Gasteiger partial charge in [0.2, 0.25) is 5.91 Å². The molecule has 176 valence electrons. The van der Waals surface area contributed by atoms with Gasteiger partial charge in [-0.25, -0.2) is 9.97 Å². The Morgan fingerprint density at radius 1 is 0.912 bits per heavy atom. The van der Waals surface area contributed by atoms with E-state index in [9.17, 15) is 4.79 Å². The van der Waals surface area contributed by atoms with E-state index in [0.717, 1.165) is 72.0 Å². The van der Waals surface area contributed by atoms with Crippen LogP contribution in [0.4, 0.5) is 11.5 Å². The first-order valence-corrected chi connectivity index (χ1v) is 12.9. The Labute approximate surface area is 209 Å². The lowest BCUT2D eigenvalue weighted by atomic mass is 9.96. The molecule has 3 heterocycles. The molecule has 2 fully saturated rings. The molecule has 0 radical (unpaired) electrons. The molecular formula is C26H28ClN5OS. The summed E-state index contributed by atoms with van der Waals surface area (Å²) >= 11 is 7.78. The van der Waals surface area contributed by atoms with Crippen molar-refractivity contribution in [3.8, 4) is 0 Å². The molecule has 0 bridgehead atoms. The Kier molecular flexibility index (Phi) is 7.21. The number of hydrogen-bond donors (Lipinski definition) is 0. The molecule has 0 N–H and O–H groups in total. The van der Waals surface area contributed by atoms with Crippen LogP contribution < -0.4 is 9.80 Å². The first-order chi connectivity index (χ1) is 16.7. The molecule has 5 rings (SSSR count). The van der Waals surface area contributed by atoms with Crippen molar-refractivity contribution in [1.29, 1.82) is 0 Å². The highest BCUT2D eigenvalue weighted by atomic mass is 35.5. The van der Waals surface area contributed by atoms with Crippen molar-refractivity contribution in [2.45, 2.75) is 22.8 Å². The molecule has 2 aliphatic rings. The van der Waals surface area contributed by atoms with Crippen molar-refractivity contribution in [3.63, 3.8) is 0 Å². The topological polar surface area (TPSA) is 52.6 Å². The number of rotatable bonds is 5. The summed E-state index contributed by atoms with van der Waals surface area (Å²) in [6.45, 7) is 4.71. The zero-order chi connectivity index (χ0) is 23.3. The first kappa shape index (κ1) is 23.0. The number of piperazine rings is 1. The lowest BCUT2D eigenvalue weighted by Gasteiger charge is -2.40. The second-order valence-corrected chi connectivity index (χ2v) is 10.2. The van der Waals surface area contributed by atoms with Crippen LogP contribution in [-0.2, 0) is 4.79 Å². The first-order valence-electron chi connectivity index (χ1n) is 11.8. The van der Waals surface area contributed by atoms with E-state index in [1.54, 1.807) is 24.2 Å². The van der Waals surface area contributed by atoms with Crippen LogP contribution in [0.1, 0.15) is 12.8 Å². The number of carbonyl (C=O) groups excluding carboxylic acids is 1. The van der Waals surface area contributed by atoms with Crippen molar-refractivity contribution in [3.05, 3.63) is 72.0 Å². The minimum atomic E-state index is -0.0111. The van der Waals surface area contributed by atoms with Gasteiger partial charge in [0.1, 0.15) is 5.03 Å². The maximum atomic E-state index is 13.4. The van der Waals surface area contributed by atoms with Gasteiger partial charge >= 0.3 is 0 Å². The molecule has 2 aromatic carbocycles. The summed E-state index contributed by atoms with van der Waals surface area (Å²) in [7, 11) is 0. The Morgan fingerprint density at radius 2 is 1.71 bits per heavy atom. The monoisotopic (exact) mass is 493 g/mol. The average molecular weight is 494 g/mol. The second-order valence-electron chi connectivity index (χ2n) is 8.68. The van der Waals surface area contributed by atoms with Gasteiger partial charge in [0.25, 0.3) is 0 Å². The van der Waals surface area contributed by atoms with Gasteiger partial charge in [-0.2, -0.15) is 0 Å². The van der Waals surface area contributed by atoms with E-state index >= 15 is 0 Å². The molecule has 0 spiro atoms. The summed E-state index contributed by atoms with van der Waals surface area (Å²) in [5.41, 5.74) is 1.12. The summed E-state index contributed by atoms with van der Waals surface area (Å²) < 4.78 is 0. The third-order valence-corrected chi connectivity index (χ3v) is 7.66. The summed E-state index contributed by atoms with van der Waals surface area (Å²) in [5, 5.41) is 1.63. The third kappa shape index (κ3) is 5.31. The highest BCUT2D eigenvalue weighted by molar-refractivity contribution is 7.99. The van der Waals surface area contributed by atoms with Crippen molar-refractivity contribution in [2.75, 3.05) is 49.1 Å². The van der Waals surface area contributed by atoms with Crippen LogP contribution in [0.2, 0.25) is 5.02 Å². The molecule has 3 aromatic rings. The number of anilines is 2. The fraction of sp³-hybridized carbons (Fsp3) is 0.346. The molecule has 6 nitrogen and oxygen atoms in total. The molecule has 2 aliphatic heterocycles. The quantitative estimate of drug-likeness (QED) is 0.506. The van der Waals surface area contributed by atoms with Crippen LogP contribution in [0.3, 0.4) is 0 Å². The minimum Gasteiger partial charge on any atom is -0.368 e. The largest absolute Gasteiger partial charge is 0.368 e. The number of piperidine rings is 1. The zero-order valence-corrected chi connectivity index (χ0v) is 20.6. The third-order valence-electron chi connectivity index (χ3n) is 6.44. The molecule has 34 heavy (non-hydrogen) atoms. The average Bonchev–Trinajstić information content (AvgIpc) is 2.89.